The molecule has 0 saturated carbocycles. The molecule has 0 bridgehead atoms. The van der Waals surface area contributed by atoms with E-state index < -0.39 is 0 Å². The first-order valence-electron chi connectivity index (χ1n) is 7.40. The van der Waals surface area contributed by atoms with E-state index >= 15 is 0 Å². The van der Waals surface area contributed by atoms with Gasteiger partial charge in [0.15, 0.2) is 0 Å². The molecule has 2 rings (SSSR count). The van der Waals surface area contributed by atoms with Crippen LogP contribution in [0.25, 0.3) is 0 Å². The predicted octanol–water partition coefficient (Wildman–Crippen LogP) is 0.785. The summed E-state index contributed by atoms with van der Waals surface area (Å²) in [5, 5.41) is 3.48. The lowest BCUT2D eigenvalue weighted by Crippen LogP contribution is -2.51. The SMILES string of the molecule is CCN(CC)C(=O)C(C)N1CCC2CNCC2C1. The highest BCUT2D eigenvalue weighted by molar-refractivity contribution is 5.81. The molecule has 4 nitrogen and oxygen atoms in total. The fourth-order valence-electron chi connectivity index (χ4n) is 3.37. The Kier molecular flexibility index (Phi) is 4.62. The van der Waals surface area contributed by atoms with Gasteiger partial charge in [-0.25, -0.2) is 0 Å². The number of nitrogens with zero attached hydrogens (tertiary/aromatic N) is 2. The second-order valence-electron chi connectivity index (χ2n) is 5.65. The van der Waals surface area contributed by atoms with Crippen molar-refractivity contribution in [2.45, 2.75) is 33.2 Å². The molecule has 18 heavy (non-hydrogen) atoms. The number of piperidine rings is 1. The van der Waals surface area contributed by atoms with Gasteiger partial charge >= 0.3 is 0 Å². The van der Waals surface area contributed by atoms with Crippen LogP contribution in [0.3, 0.4) is 0 Å². The normalized spacial score (nSPS) is 29.9. The van der Waals surface area contributed by atoms with Crippen molar-refractivity contribution in [3.05, 3.63) is 0 Å². The van der Waals surface area contributed by atoms with Gasteiger partial charge in [-0.15, -0.1) is 0 Å². The molecule has 2 aliphatic rings. The van der Waals surface area contributed by atoms with Gasteiger partial charge in [-0.05, 0) is 58.7 Å². The molecule has 0 radical (unpaired) electrons. The average Bonchev–Trinajstić information content (AvgIpc) is 2.86. The number of likely N-dealkylation sites (tertiary alicyclic amines) is 1. The van der Waals surface area contributed by atoms with Gasteiger partial charge in [0.2, 0.25) is 5.91 Å². The Morgan fingerprint density at radius 1 is 1.33 bits per heavy atom. The topological polar surface area (TPSA) is 35.6 Å². The number of hydrogen-bond donors (Lipinski definition) is 1. The fourth-order valence-corrected chi connectivity index (χ4v) is 3.37. The first-order valence-corrected chi connectivity index (χ1v) is 7.40. The fraction of sp³-hybridized carbons (Fsp3) is 0.929. The van der Waals surface area contributed by atoms with Gasteiger partial charge < -0.3 is 10.2 Å². The number of nitrogens with one attached hydrogen (secondary N) is 1. The lowest BCUT2D eigenvalue weighted by molar-refractivity contribution is -0.136. The zero-order valence-corrected chi connectivity index (χ0v) is 12.0. The molecular formula is C14H27N3O. The molecule has 3 unspecified atom stereocenters. The molecular weight excluding hydrogens is 226 g/mol. The van der Waals surface area contributed by atoms with Crippen molar-refractivity contribution < 1.29 is 4.79 Å². The third-order valence-electron chi connectivity index (χ3n) is 4.72. The van der Waals surface area contributed by atoms with Gasteiger partial charge in [0, 0.05) is 19.6 Å². The minimum Gasteiger partial charge on any atom is -0.342 e. The number of carbonyl (C=O) groups is 1. The van der Waals surface area contributed by atoms with Gasteiger partial charge in [-0.3, -0.25) is 9.69 Å². The summed E-state index contributed by atoms with van der Waals surface area (Å²) in [7, 11) is 0. The van der Waals surface area contributed by atoms with Crippen molar-refractivity contribution in [1.29, 1.82) is 0 Å². The van der Waals surface area contributed by atoms with Crippen LogP contribution < -0.4 is 5.32 Å². The number of rotatable bonds is 4. The van der Waals surface area contributed by atoms with E-state index in [0.29, 0.717) is 5.91 Å². The van der Waals surface area contributed by atoms with Crippen molar-refractivity contribution in [3.63, 3.8) is 0 Å². The highest BCUT2D eigenvalue weighted by atomic mass is 16.2. The maximum absolute atomic E-state index is 12.4. The minimum absolute atomic E-state index is 0.0476. The van der Waals surface area contributed by atoms with E-state index in [2.05, 4.69) is 31.0 Å². The van der Waals surface area contributed by atoms with Crippen molar-refractivity contribution in [3.8, 4) is 0 Å². The molecule has 1 N–H and O–H groups in total. The molecule has 0 aromatic carbocycles. The lowest BCUT2D eigenvalue weighted by Gasteiger charge is -2.39. The largest absolute Gasteiger partial charge is 0.342 e. The number of hydrogen-bond acceptors (Lipinski definition) is 3. The second kappa shape index (κ2) is 6.02. The van der Waals surface area contributed by atoms with Crippen LogP contribution in [0.1, 0.15) is 27.2 Å². The van der Waals surface area contributed by atoms with Crippen LogP contribution in [-0.2, 0) is 4.79 Å². The molecule has 2 aliphatic heterocycles. The summed E-state index contributed by atoms with van der Waals surface area (Å²) in [4.78, 5) is 16.7. The molecule has 2 fully saturated rings. The highest BCUT2D eigenvalue weighted by Crippen LogP contribution is 2.27. The van der Waals surface area contributed by atoms with Crippen molar-refractivity contribution in [2.75, 3.05) is 39.3 Å². The van der Waals surface area contributed by atoms with Crippen LogP contribution in [0.15, 0.2) is 0 Å². The third kappa shape index (κ3) is 2.69. The molecule has 3 atom stereocenters. The first kappa shape index (κ1) is 13.8. The van der Waals surface area contributed by atoms with Gasteiger partial charge in [0.05, 0.1) is 6.04 Å². The monoisotopic (exact) mass is 253 g/mol. The third-order valence-corrected chi connectivity index (χ3v) is 4.72. The lowest BCUT2D eigenvalue weighted by atomic mass is 9.88. The predicted molar refractivity (Wildman–Crippen MR) is 73.4 cm³/mol. The Hall–Kier alpha value is -0.610. The van der Waals surface area contributed by atoms with Crippen LogP contribution in [0.2, 0.25) is 0 Å². The zero-order valence-electron chi connectivity index (χ0n) is 12.0. The molecule has 0 aromatic heterocycles. The Balaban J connectivity index is 1.92. The number of fused-ring (bicyclic) bond motifs is 1. The van der Waals surface area contributed by atoms with E-state index in [0.717, 1.165) is 44.6 Å². The van der Waals surface area contributed by atoms with Crippen molar-refractivity contribution in [1.82, 2.24) is 15.1 Å². The summed E-state index contributed by atoms with van der Waals surface area (Å²) in [5.74, 6) is 1.90. The Bertz CT molecular complexity index is 291. The summed E-state index contributed by atoms with van der Waals surface area (Å²) < 4.78 is 0. The number of carbonyl (C=O) groups excluding carboxylic acids is 1. The molecule has 1 amide bonds. The second-order valence-corrected chi connectivity index (χ2v) is 5.65. The Morgan fingerprint density at radius 3 is 2.67 bits per heavy atom. The molecule has 0 aliphatic carbocycles. The van der Waals surface area contributed by atoms with E-state index in [9.17, 15) is 4.79 Å². The standard InChI is InChI=1S/C14H27N3O/c1-4-16(5-2)14(18)11(3)17-7-6-12-8-15-9-13(12)10-17/h11-13,15H,4-10H2,1-3H3. The molecule has 4 heteroatoms. The smallest absolute Gasteiger partial charge is 0.239 e. The van der Waals surface area contributed by atoms with Crippen LogP contribution in [0, 0.1) is 11.8 Å². The maximum Gasteiger partial charge on any atom is 0.239 e. The van der Waals surface area contributed by atoms with Crippen LogP contribution in [-0.4, -0.2) is 61.0 Å². The molecule has 104 valence electrons. The number of amides is 1. The summed E-state index contributed by atoms with van der Waals surface area (Å²) >= 11 is 0. The maximum atomic E-state index is 12.4. The quantitative estimate of drug-likeness (QED) is 0.804. The average molecular weight is 253 g/mol. The van der Waals surface area contributed by atoms with Crippen molar-refractivity contribution >= 4 is 5.91 Å². The van der Waals surface area contributed by atoms with E-state index in [1.807, 2.05) is 4.90 Å². The highest BCUT2D eigenvalue weighted by Gasteiger charge is 2.36. The van der Waals surface area contributed by atoms with E-state index in [1.54, 1.807) is 0 Å². The summed E-state index contributed by atoms with van der Waals surface area (Å²) in [6, 6.07) is 0.0476. The van der Waals surface area contributed by atoms with E-state index in [1.165, 1.54) is 13.0 Å². The Morgan fingerprint density at radius 2 is 2.00 bits per heavy atom. The number of likely N-dealkylation sites (N-methyl/N-ethyl adjacent to an activating group) is 1. The minimum atomic E-state index is 0.0476. The molecule has 2 heterocycles. The zero-order chi connectivity index (χ0) is 13.1. The van der Waals surface area contributed by atoms with Gasteiger partial charge in [0.25, 0.3) is 0 Å². The summed E-state index contributed by atoms with van der Waals surface area (Å²) in [5.41, 5.74) is 0. The van der Waals surface area contributed by atoms with E-state index in [-0.39, 0.29) is 6.04 Å². The summed E-state index contributed by atoms with van der Waals surface area (Å²) in [6.45, 7) is 12.3. The molecule has 2 saturated heterocycles. The van der Waals surface area contributed by atoms with Gasteiger partial charge in [-0.1, -0.05) is 0 Å². The van der Waals surface area contributed by atoms with Gasteiger partial charge in [0.1, 0.15) is 0 Å². The van der Waals surface area contributed by atoms with Crippen LogP contribution in [0.5, 0.6) is 0 Å². The van der Waals surface area contributed by atoms with Crippen molar-refractivity contribution in [2.24, 2.45) is 11.8 Å². The Labute approximate surface area is 111 Å². The molecule has 0 aromatic rings. The van der Waals surface area contributed by atoms with Crippen LogP contribution >= 0.6 is 0 Å². The molecule has 0 spiro atoms. The van der Waals surface area contributed by atoms with E-state index in [4.69, 9.17) is 0 Å². The van der Waals surface area contributed by atoms with Gasteiger partial charge in [-0.2, -0.15) is 0 Å². The van der Waals surface area contributed by atoms with Crippen LogP contribution in [0.4, 0.5) is 0 Å². The first-order chi connectivity index (χ1) is 8.67. The summed E-state index contributed by atoms with van der Waals surface area (Å²) in [6.07, 6.45) is 1.24.